The van der Waals surface area contributed by atoms with Crippen LogP contribution in [0, 0.1) is 0 Å². The van der Waals surface area contributed by atoms with Gasteiger partial charge in [-0.2, -0.15) is 5.10 Å². The van der Waals surface area contributed by atoms with Crippen molar-refractivity contribution in [1.29, 1.82) is 0 Å². The highest BCUT2D eigenvalue weighted by atomic mass is 16.5. The van der Waals surface area contributed by atoms with E-state index in [9.17, 15) is 0 Å². The van der Waals surface area contributed by atoms with E-state index in [2.05, 4.69) is 36.9 Å². The number of pyridine rings is 2. The van der Waals surface area contributed by atoms with Crippen molar-refractivity contribution in [3.05, 3.63) is 48.8 Å². The molecule has 3 heterocycles. The lowest BCUT2D eigenvalue weighted by atomic mass is 10.1. The van der Waals surface area contributed by atoms with Gasteiger partial charge in [0, 0.05) is 37.1 Å². The normalized spacial score (nSPS) is 11.1. The largest absolute Gasteiger partial charge is 0.383 e. The van der Waals surface area contributed by atoms with E-state index in [1.54, 1.807) is 19.5 Å². The first-order chi connectivity index (χ1) is 12.3. The molecule has 0 aliphatic rings. The third-order valence-electron chi connectivity index (χ3n) is 3.95. The monoisotopic (exact) mass is 334 g/mol. The number of aromatic amines is 1. The Labute approximate surface area is 144 Å². The maximum absolute atomic E-state index is 5.07. The molecule has 0 amide bonds. The number of fused-ring (bicyclic) bond motifs is 2. The first-order valence-corrected chi connectivity index (χ1v) is 8.03. The Balaban J connectivity index is 1.63. The van der Waals surface area contributed by atoms with Crippen molar-refractivity contribution in [2.45, 2.75) is 0 Å². The second kappa shape index (κ2) is 6.74. The van der Waals surface area contributed by atoms with Gasteiger partial charge in [-0.3, -0.25) is 10.1 Å². The number of ether oxygens (including phenoxy) is 1. The summed E-state index contributed by atoms with van der Waals surface area (Å²) in [6.45, 7) is 1.35. The number of hydrogen-bond donors (Lipinski definition) is 3. The van der Waals surface area contributed by atoms with Crippen molar-refractivity contribution in [1.82, 2.24) is 20.2 Å². The summed E-state index contributed by atoms with van der Waals surface area (Å²) in [5.74, 6) is 1.57. The molecule has 0 atom stereocenters. The fourth-order valence-corrected chi connectivity index (χ4v) is 2.75. The Morgan fingerprint density at radius 3 is 2.96 bits per heavy atom. The van der Waals surface area contributed by atoms with E-state index in [1.165, 1.54) is 0 Å². The predicted molar refractivity (Wildman–Crippen MR) is 99.3 cm³/mol. The maximum atomic E-state index is 5.07. The van der Waals surface area contributed by atoms with E-state index < -0.39 is 0 Å². The zero-order valence-corrected chi connectivity index (χ0v) is 13.8. The highest BCUT2D eigenvalue weighted by molar-refractivity contribution is 5.95. The SMILES string of the molecule is COCCNc1nccc2cc(Nc3n[nH]c4cccnc34)ccc12. The van der Waals surface area contributed by atoms with Crippen molar-refractivity contribution in [3.8, 4) is 0 Å². The third kappa shape index (κ3) is 3.09. The number of benzene rings is 1. The van der Waals surface area contributed by atoms with Crippen molar-refractivity contribution >= 4 is 39.1 Å². The number of nitrogens with one attached hydrogen (secondary N) is 3. The fourth-order valence-electron chi connectivity index (χ4n) is 2.75. The molecule has 0 spiro atoms. The highest BCUT2D eigenvalue weighted by Crippen LogP contribution is 2.27. The molecule has 4 rings (SSSR count). The smallest absolute Gasteiger partial charge is 0.178 e. The van der Waals surface area contributed by atoms with E-state index in [4.69, 9.17) is 4.74 Å². The molecule has 7 heteroatoms. The summed E-state index contributed by atoms with van der Waals surface area (Å²) in [6, 6.07) is 11.9. The molecule has 126 valence electrons. The van der Waals surface area contributed by atoms with Crippen LogP contribution < -0.4 is 10.6 Å². The van der Waals surface area contributed by atoms with Gasteiger partial charge in [0.2, 0.25) is 0 Å². The summed E-state index contributed by atoms with van der Waals surface area (Å²) in [5, 5.41) is 16.1. The number of hydrogen-bond acceptors (Lipinski definition) is 6. The van der Waals surface area contributed by atoms with Gasteiger partial charge in [0.05, 0.1) is 12.1 Å². The zero-order chi connectivity index (χ0) is 17.1. The second-order valence-electron chi connectivity index (χ2n) is 5.61. The van der Waals surface area contributed by atoms with E-state index in [0.717, 1.165) is 33.3 Å². The average Bonchev–Trinajstić information content (AvgIpc) is 3.05. The molecule has 0 saturated heterocycles. The molecule has 0 bridgehead atoms. The predicted octanol–water partition coefficient (Wildman–Crippen LogP) is 3.31. The van der Waals surface area contributed by atoms with Crippen LogP contribution >= 0.6 is 0 Å². The lowest BCUT2D eigenvalue weighted by Gasteiger charge is -2.10. The van der Waals surface area contributed by atoms with Crippen molar-refractivity contribution in [3.63, 3.8) is 0 Å². The molecule has 0 fully saturated rings. The number of nitrogens with zero attached hydrogens (tertiary/aromatic N) is 3. The van der Waals surface area contributed by atoms with Crippen LogP contribution in [0.15, 0.2) is 48.8 Å². The van der Waals surface area contributed by atoms with E-state index >= 15 is 0 Å². The van der Waals surface area contributed by atoms with E-state index in [0.29, 0.717) is 19.0 Å². The van der Waals surface area contributed by atoms with Crippen LogP contribution in [-0.2, 0) is 4.74 Å². The Bertz CT molecular complexity index is 1010. The highest BCUT2D eigenvalue weighted by Gasteiger charge is 2.08. The van der Waals surface area contributed by atoms with Gasteiger partial charge in [0.25, 0.3) is 0 Å². The molecule has 25 heavy (non-hydrogen) atoms. The molecule has 0 saturated carbocycles. The number of methoxy groups -OCH3 is 1. The lowest BCUT2D eigenvalue weighted by Crippen LogP contribution is -2.09. The van der Waals surface area contributed by atoms with E-state index in [1.807, 2.05) is 30.3 Å². The number of aromatic nitrogens is 4. The Morgan fingerprint density at radius 2 is 2.04 bits per heavy atom. The molecule has 0 radical (unpaired) electrons. The van der Waals surface area contributed by atoms with Gasteiger partial charge in [-0.15, -0.1) is 0 Å². The van der Waals surface area contributed by atoms with Crippen molar-refractivity contribution < 1.29 is 4.74 Å². The van der Waals surface area contributed by atoms with Gasteiger partial charge in [-0.05, 0) is 41.8 Å². The minimum absolute atomic E-state index is 0.636. The van der Waals surface area contributed by atoms with Gasteiger partial charge in [0.1, 0.15) is 11.3 Å². The summed E-state index contributed by atoms with van der Waals surface area (Å²) < 4.78 is 5.07. The van der Waals surface area contributed by atoms with Crippen LogP contribution in [0.25, 0.3) is 21.8 Å². The minimum Gasteiger partial charge on any atom is -0.383 e. The minimum atomic E-state index is 0.636. The van der Waals surface area contributed by atoms with E-state index in [-0.39, 0.29) is 0 Å². The average molecular weight is 334 g/mol. The summed E-state index contributed by atoms with van der Waals surface area (Å²) in [6.07, 6.45) is 3.56. The van der Waals surface area contributed by atoms with Gasteiger partial charge in [-0.25, -0.2) is 4.98 Å². The lowest BCUT2D eigenvalue weighted by molar-refractivity contribution is 0.210. The van der Waals surface area contributed by atoms with Crippen LogP contribution in [0.1, 0.15) is 0 Å². The first-order valence-electron chi connectivity index (χ1n) is 8.03. The Kier molecular flexibility index (Phi) is 4.14. The summed E-state index contributed by atoms with van der Waals surface area (Å²) >= 11 is 0. The number of rotatable bonds is 6. The third-order valence-corrected chi connectivity index (χ3v) is 3.95. The quantitative estimate of drug-likeness (QED) is 0.469. The van der Waals surface area contributed by atoms with Crippen LogP contribution in [0.2, 0.25) is 0 Å². The van der Waals surface area contributed by atoms with Gasteiger partial charge < -0.3 is 15.4 Å². The Morgan fingerprint density at radius 1 is 1.08 bits per heavy atom. The molecule has 1 aromatic carbocycles. The summed E-state index contributed by atoms with van der Waals surface area (Å²) in [5.41, 5.74) is 2.67. The molecule has 4 aromatic rings. The summed E-state index contributed by atoms with van der Waals surface area (Å²) in [4.78, 5) is 8.78. The topological polar surface area (TPSA) is 87.8 Å². The van der Waals surface area contributed by atoms with Crippen molar-refractivity contribution in [2.24, 2.45) is 0 Å². The number of anilines is 3. The van der Waals surface area contributed by atoms with Crippen LogP contribution in [0.3, 0.4) is 0 Å². The van der Waals surface area contributed by atoms with Gasteiger partial charge in [0.15, 0.2) is 5.82 Å². The zero-order valence-electron chi connectivity index (χ0n) is 13.8. The molecule has 0 aliphatic carbocycles. The van der Waals surface area contributed by atoms with Crippen LogP contribution in [-0.4, -0.2) is 40.4 Å². The van der Waals surface area contributed by atoms with Crippen molar-refractivity contribution in [2.75, 3.05) is 30.9 Å². The van der Waals surface area contributed by atoms with Crippen LogP contribution in [0.4, 0.5) is 17.3 Å². The molecule has 0 unspecified atom stereocenters. The van der Waals surface area contributed by atoms with Gasteiger partial charge in [-0.1, -0.05) is 0 Å². The first kappa shape index (κ1) is 15.3. The second-order valence-corrected chi connectivity index (χ2v) is 5.61. The standard InChI is InChI=1S/C18H18N6O/c1-25-10-9-21-17-14-5-4-13(11-12(14)6-8-20-17)22-18-16-15(23-24-18)3-2-7-19-16/h2-8,11H,9-10H2,1H3,(H,20,21)(H2,22,23,24). The molecular weight excluding hydrogens is 316 g/mol. The molecule has 7 nitrogen and oxygen atoms in total. The maximum Gasteiger partial charge on any atom is 0.178 e. The van der Waals surface area contributed by atoms with Gasteiger partial charge >= 0.3 is 0 Å². The molecule has 0 aliphatic heterocycles. The molecule has 3 aromatic heterocycles. The fraction of sp³-hybridized carbons (Fsp3) is 0.167. The number of H-pyrrole nitrogens is 1. The van der Waals surface area contributed by atoms with Crippen LogP contribution in [0.5, 0.6) is 0 Å². The Hall–Kier alpha value is -3.19. The molecule has 3 N–H and O–H groups in total. The summed E-state index contributed by atoms with van der Waals surface area (Å²) in [7, 11) is 1.68. The molecular formula is C18H18N6O.